The summed E-state index contributed by atoms with van der Waals surface area (Å²) in [5.41, 5.74) is 0.973. The minimum absolute atomic E-state index is 0. The second-order valence-electron chi connectivity index (χ2n) is 9.57. The number of ether oxygens (including phenoxy) is 1. The summed E-state index contributed by atoms with van der Waals surface area (Å²) in [5, 5.41) is 6.55. The van der Waals surface area contributed by atoms with Crippen LogP contribution in [-0.2, 0) is 15.0 Å². The van der Waals surface area contributed by atoms with Crippen LogP contribution >= 0.6 is 24.0 Å². The molecule has 4 rings (SSSR count). The van der Waals surface area contributed by atoms with Gasteiger partial charge < -0.3 is 15.4 Å². The number of guanidine groups is 1. The molecule has 1 saturated carbocycles. The lowest BCUT2D eigenvalue weighted by atomic mass is 9.85. The Kier molecular flexibility index (Phi) is 8.08. The highest BCUT2D eigenvalue weighted by Crippen LogP contribution is 2.52. The number of aliphatic imine (C=N–C) groups is 1. The summed E-state index contributed by atoms with van der Waals surface area (Å²) in [5.74, 6) is 1.74. The fraction of sp³-hybridized carbons (Fsp3) is 0.560. The third-order valence-corrected chi connectivity index (χ3v) is 7.02. The number of halogens is 1. The molecule has 2 fully saturated rings. The molecule has 0 radical (unpaired) electrons. The van der Waals surface area contributed by atoms with Crippen LogP contribution in [0, 0.1) is 23.7 Å². The molecule has 1 saturated heterocycles. The molecule has 7 nitrogen and oxygen atoms in total. The highest BCUT2D eigenvalue weighted by atomic mass is 127. The monoisotopic (exact) mass is 566 g/mol. The summed E-state index contributed by atoms with van der Waals surface area (Å²) in [7, 11) is 1.67. The number of rotatable bonds is 8. The first-order chi connectivity index (χ1) is 15.4. The first kappa shape index (κ1) is 25.5. The number of benzene rings is 1. The molecule has 2 aliphatic carbocycles. The van der Waals surface area contributed by atoms with Gasteiger partial charge in [0.05, 0.1) is 25.5 Å². The highest BCUT2D eigenvalue weighted by molar-refractivity contribution is 14.0. The van der Waals surface area contributed by atoms with E-state index < -0.39 is 0 Å². The van der Waals surface area contributed by atoms with E-state index in [0.29, 0.717) is 25.6 Å². The van der Waals surface area contributed by atoms with Crippen molar-refractivity contribution in [2.24, 2.45) is 28.7 Å². The molecule has 180 valence electrons. The Morgan fingerprint density at radius 2 is 1.82 bits per heavy atom. The molecule has 1 aromatic carbocycles. The molecule has 33 heavy (non-hydrogen) atoms. The molecule has 1 heterocycles. The molecule has 4 atom stereocenters. The highest BCUT2D eigenvalue weighted by Gasteiger charge is 2.58. The summed E-state index contributed by atoms with van der Waals surface area (Å²) in [4.78, 5) is 31.9. The summed E-state index contributed by atoms with van der Waals surface area (Å²) in [6.07, 6.45) is 5.21. The standard InChI is InChI=1S/C25H34N4O3.HI/c1-5-26-24(28-15-25(2,3)18-7-6-8-19(14-18)32-4)27-11-12-29-22(30)20-16-9-10-17(13-16)21(20)23(29)31;/h6-10,14,16-17,20-21H,5,11-13,15H2,1-4H3,(H2,26,27,28);1H. The maximum Gasteiger partial charge on any atom is 0.233 e. The molecule has 1 aromatic rings. The minimum atomic E-state index is -0.179. The van der Waals surface area contributed by atoms with E-state index in [-0.39, 0.29) is 64.9 Å². The van der Waals surface area contributed by atoms with Crippen LogP contribution in [0.5, 0.6) is 5.75 Å². The van der Waals surface area contributed by atoms with Crippen LogP contribution in [0.3, 0.4) is 0 Å². The first-order valence-electron chi connectivity index (χ1n) is 11.6. The lowest BCUT2D eigenvalue weighted by Crippen LogP contribution is -2.44. The number of likely N-dealkylation sites (tertiary alicyclic amines) is 1. The Morgan fingerprint density at radius 1 is 1.15 bits per heavy atom. The number of carbonyl (C=O) groups excluding carboxylic acids is 2. The zero-order valence-electron chi connectivity index (χ0n) is 19.8. The lowest BCUT2D eigenvalue weighted by Gasteiger charge is -2.24. The Morgan fingerprint density at radius 3 is 2.42 bits per heavy atom. The van der Waals surface area contributed by atoms with Gasteiger partial charge in [0.25, 0.3) is 0 Å². The third-order valence-electron chi connectivity index (χ3n) is 7.02. The van der Waals surface area contributed by atoms with Crippen LogP contribution < -0.4 is 15.4 Å². The summed E-state index contributed by atoms with van der Waals surface area (Å²) < 4.78 is 5.35. The van der Waals surface area contributed by atoms with Gasteiger partial charge in [-0.2, -0.15) is 0 Å². The topological polar surface area (TPSA) is 83.0 Å². The van der Waals surface area contributed by atoms with E-state index in [1.54, 1.807) is 7.11 Å². The number of nitrogens with zero attached hydrogens (tertiary/aromatic N) is 2. The predicted octanol–water partition coefficient (Wildman–Crippen LogP) is 2.95. The second-order valence-corrected chi connectivity index (χ2v) is 9.57. The van der Waals surface area contributed by atoms with E-state index in [1.807, 2.05) is 25.1 Å². The lowest BCUT2D eigenvalue weighted by molar-refractivity contribution is -0.140. The predicted molar refractivity (Wildman–Crippen MR) is 140 cm³/mol. The molecule has 0 aromatic heterocycles. The zero-order chi connectivity index (χ0) is 22.9. The summed E-state index contributed by atoms with van der Waals surface area (Å²) in [6, 6.07) is 8.05. The van der Waals surface area contributed by atoms with Crippen molar-refractivity contribution in [1.29, 1.82) is 0 Å². The largest absolute Gasteiger partial charge is 0.497 e. The van der Waals surface area contributed by atoms with Gasteiger partial charge in [0.2, 0.25) is 11.8 Å². The second kappa shape index (κ2) is 10.4. The maximum absolute atomic E-state index is 12.8. The SMILES string of the molecule is CCNC(=NCC(C)(C)c1cccc(OC)c1)NCCN1C(=O)C2C3C=CC(C3)C2C1=O.I. The van der Waals surface area contributed by atoms with Gasteiger partial charge >= 0.3 is 0 Å². The molecule has 8 heteroatoms. The van der Waals surface area contributed by atoms with Crippen molar-refractivity contribution in [3.05, 3.63) is 42.0 Å². The van der Waals surface area contributed by atoms with Gasteiger partial charge in [0, 0.05) is 25.0 Å². The number of carbonyl (C=O) groups is 2. The number of amides is 2. The first-order valence-corrected chi connectivity index (χ1v) is 11.6. The quantitative estimate of drug-likeness (QED) is 0.166. The van der Waals surface area contributed by atoms with Gasteiger partial charge in [-0.15, -0.1) is 24.0 Å². The van der Waals surface area contributed by atoms with Gasteiger partial charge in [0.1, 0.15) is 5.75 Å². The molecule has 3 aliphatic rings. The molecule has 1 aliphatic heterocycles. The van der Waals surface area contributed by atoms with Crippen molar-refractivity contribution in [3.63, 3.8) is 0 Å². The smallest absolute Gasteiger partial charge is 0.233 e. The van der Waals surface area contributed by atoms with Crippen LogP contribution in [0.25, 0.3) is 0 Å². The number of hydrogen-bond acceptors (Lipinski definition) is 4. The van der Waals surface area contributed by atoms with Crippen molar-refractivity contribution >= 4 is 41.8 Å². The van der Waals surface area contributed by atoms with Crippen molar-refractivity contribution < 1.29 is 14.3 Å². The number of methoxy groups -OCH3 is 1. The van der Waals surface area contributed by atoms with Crippen molar-refractivity contribution in [2.75, 3.05) is 33.3 Å². The van der Waals surface area contributed by atoms with E-state index in [9.17, 15) is 9.59 Å². The van der Waals surface area contributed by atoms with E-state index >= 15 is 0 Å². The molecule has 0 spiro atoms. The average Bonchev–Trinajstić information content (AvgIpc) is 3.47. The van der Waals surface area contributed by atoms with Crippen LogP contribution in [0.1, 0.15) is 32.8 Å². The van der Waals surface area contributed by atoms with Crippen LogP contribution in [-0.4, -0.2) is 56.0 Å². The number of nitrogens with one attached hydrogen (secondary N) is 2. The summed E-state index contributed by atoms with van der Waals surface area (Å²) in [6.45, 7) is 8.47. The minimum Gasteiger partial charge on any atom is -0.497 e. The normalized spacial score (nSPS) is 25.8. The Labute approximate surface area is 213 Å². The van der Waals surface area contributed by atoms with Crippen molar-refractivity contribution in [1.82, 2.24) is 15.5 Å². The maximum atomic E-state index is 12.8. The Bertz CT molecular complexity index is 915. The average molecular weight is 566 g/mol. The molecule has 2 N–H and O–H groups in total. The number of allylic oxidation sites excluding steroid dienone is 2. The Hall–Kier alpha value is -2.10. The molecule has 2 bridgehead atoms. The fourth-order valence-electron chi connectivity index (χ4n) is 5.22. The third kappa shape index (κ3) is 5.05. The van der Waals surface area contributed by atoms with E-state index in [2.05, 4.69) is 42.7 Å². The van der Waals surface area contributed by atoms with Gasteiger partial charge in [-0.05, 0) is 42.9 Å². The Balaban J connectivity index is 0.00000306. The summed E-state index contributed by atoms with van der Waals surface area (Å²) >= 11 is 0. The zero-order valence-corrected chi connectivity index (χ0v) is 22.2. The number of fused-ring (bicyclic) bond motifs is 5. The van der Waals surface area contributed by atoms with Gasteiger partial charge in [0.15, 0.2) is 5.96 Å². The number of imide groups is 1. The molecular formula is C25H35IN4O3. The van der Waals surface area contributed by atoms with Crippen LogP contribution in [0.2, 0.25) is 0 Å². The van der Waals surface area contributed by atoms with E-state index in [4.69, 9.17) is 9.73 Å². The number of hydrogen-bond donors (Lipinski definition) is 2. The van der Waals surface area contributed by atoms with Gasteiger partial charge in [-0.1, -0.05) is 38.1 Å². The van der Waals surface area contributed by atoms with Crippen molar-refractivity contribution in [3.8, 4) is 5.75 Å². The molecule has 4 unspecified atom stereocenters. The van der Waals surface area contributed by atoms with Gasteiger partial charge in [-0.3, -0.25) is 19.5 Å². The van der Waals surface area contributed by atoms with E-state index in [1.165, 1.54) is 4.90 Å². The fourth-order valence-corrected chi connectivity index (χ4v) is 5.22. The van der Waals surface area contributed by atoms with Crippen LogP contribution in [0.15, 0.2) is 41.4 Å². The van der Waals surface area contributed by atoms with Crippen molar-refractivity contribution in [2.45, 2.75) is 32.6 Å². The molecule has 2 amide bonds. The van der Waals surface area contributed by atoms with Gasteiger partial charge in [-0.25, -0.2) is 0 Å². The molecular weight excluding hydrogens is 531 g/mol. The van der Waals surface area contributed by atoms with Crippen LogP contribution in [0.4, 0.5) is 0 Å². The van der Waals surface area contributed by atoms with E-state index in [0.717, 1.165) is 24.3 Å².